The number of hydrogen-bond acceptors (Lipinski definition) is 8. The Morgan fingerprint density at radius 1 is 1.00 bits per heavy atom. The van der Waals surface area contributed by atoms with Gasteiger partial charge >= 0.3 is 5.69 Å². The minimum atomic E-state index is -0.547. The summed E-state index contributed by atoms with van der Waals surface area (Å²) in [5, 5.41) is 17.4. The van der Waals surface area contributed by atoms with Crippen molar-refractivity contribution >= 4 is 17.3 Å². The number of anilines is 1. The number of aromatic nitrogens is 2. The molecule has 0 aliphatic carbocycles. The van der Waals surface area contributed by atoms with Crippen LogP contribution in [0.1, 0.15) is 22.3 Å². The largest absolute Gasteiger partial charge is 0.493 e. The van der Waals surface area contributed by atoms with Crippen molar-refractivity contribution < 1.29 is 14.5 Å². The summed E-state index contributed by atoms with van der Waals surface area (Å²) in [5.41, 5.74) is -0.402. The fourth-order valence-electron chi connectivity index (χ4n) is 3.37. The van der Waals surface area contributed by atoms with E-state index in [9.17, 15) is 24.5 Å². The second-order valence-electron chi connectivity index (χ2n) is 7.78. The van der Waals surface area contributed by atoms with E-state index >= 15 is 0 Å². The van der Waals surface area contributed by atoms with E-state index in [0.29, 0.717) is 44.0 Å². The SMILES string of the molecule is Cn1c(NCCNCCCOc2ccc([N+](=O)[O-])cc2C(=O)c2ccccc2)cc(=O)n(C)c1=O. The third kappa shape index (κ3) is 6.42. The minimum absolute atomic E-state index is 0.141. The number of rotatable bonds is 12. The van der Waals surface area contributed by atoms with Gasteiger partial charge in [-0.2, -0.15) is 0 Å². The number of carbonyl (C=O) groups is 1. The monoisotopic (exact) mass is 481 g/mol. The van der Waals surface area contributed by atoms with Crippen LogP contribution in [-0.4, -0.2) is 46.1 Å². The van der Waals surface area contributed by atoms with Crippen molar-refractivity contribution in [2.75, 3.05) is 31.6 Å². The molecule has 2 N–H and O–H groups in total. The van der Waals surface area contributed by atoms with E-state index in [2.05, 4.69) is 10.6 Å². The highest BCUT2D eigenvalue weighted by Crippen LogP contribution is 2.27. The predicted octanol–water partition coefficient (Wildman–Crippen LogP) is 1.69. The third-order valence-corrected chi connectivity index (χ3v) is 5.34. The molecule has 1 aromatic heterocycles. The van der Waals surface area contributed by atoms with Gasteiger partial charge in [0, 0.05) is 50.9 Å². The quantitative estimate of drug-likeness (QED) is 0.173. The number of non-ortho nitro benzene ring substituents is 1. The van der Waals surface area contributed by atoms with Gasteiger partial charge in [-0.25, -0.2) is 4.79 Å². The lowest BCUT2D eigenvalue weighted by Gasteiger charge is -2.13. The first-order valence-corrected chi connectivity index (χ1v) is 11.0. The zero-order valence-electron chi connectivity index (χ0n) is 19.5. The van der Waals surface area contributed by atoms with Crippen LogP contribution in [0.2, 0.25) is 0 Å². The molecule has 0 amide bonds. The zero-order chi connectivity index (χ0) is 25.4. The summed E-state index contributed by atoms with van der Waals surface area (Å²) in [6.07, 6.45) is 0.625. The molecule has 3 rings (SSSR count). The van der Waals surface area contributed by atoms with Crippen molar-refractivity contribution in [3.63, 3.8) is 0 Å². The number of benzene rings is 2. The molecule has 3 aromatic rings. The first kappa shape index (κ1) is 25.4. The van der Waals surface area contributed by atoms with Gasteiger partial charge in [0.2, 0.25) is 0 Å². The Balaban J connectivity index is 1.49. The molecular formula is C24H27N5O6. The summed E-state index contributed by atoms with van der Waals surface area (Å²) >= 11 is 0. The highest BCUT2D eigenvalue weighted by molar-refractivity contribution is 6.11. The van der Waals surface area contributed by atoms with Gasteiger partial charge in [0.15, 0.2) is 5.78 Å². The van der Waals surface area contributed by atoms with Crippen LogP contribution in [0.15, 0.2) is 64.2 Å². The van der Waals surface area contributed by atoms with Crippen LogP contribution in [-0.2, 0) is 14.1 Å². The number of nitro groups is 1. The summed E-state index contributed by atoms with van der Waals surface area (Å²) in [4.78, 5) is 47.2. The van der Waals surface area contributed by atoms with Crippen LogP contribution < -0.4 is 26.6 Å². The summed E-state index contributed by atoms with van der Waals surface area (Å²) in [6, 6.07) is 13.9. The molecule has 0 unspecified atom stereocenters. The number of nitrogens with zero attached hydrogens (tertiary/aromatic N) is 3. The average molecular weight is 482 g/mol. The van der Waals surface area contributed by atoms with E-state index in [1.807, 2.05) is 0 Å². The maximum atomic E-state index is 12.9. The molecule has 0 saturated carbocycles. The van der Waals surface area contributed by atoms with Crippen LogP contribution >= 0.6 is 0 Å². The molecule has 0 spiro atoms. The van der Waals surface area contributed by atoms with E-state index in [4.69, 9.17) is 4.74 Å². The Labute approximate surface area is 201 Å². The van der Waals surface area contributed by atoms with E-state index in [-0.39, 0.29) is 28.3 Å². The standard InChI is InChI=1S/C24H27N5O6/c1-27-21(16-22(30)28(2)24(27)32)26-13-12-25-11-6-14-35-20-10-9-18(29(33)34)15-19(20)23(31)17-7-4-3-5-8-17/h3-5,7-10,15-16,25-26H,6,11-14H2,1-2H3. The van der Waals surface area contributed by atoms with Crippen molar-refractivity contribution in [3.8, 4) is 5.75 Å². The van der Waals surface area contributed by atoms with Crippen molar-refractivity contribution in [3.05, 3.63) is 96.7 Å². The predicted molar refractivity (Wildman–Crippen MR) is 131 cm³/mol. The van der Waals surface area contributed by atoms with Crippen LogP contribution in [0.25, 0.3) is 0 Å². The fourth-order valence-corrected chi connectivity index (χ4v) is 3.37. The van der Waals surface area contributed by atoms with Crippen LogP contribution in [0.3, 0.4) is 0 Å². The maximum Gasteiger partial charge on any atom is 0.332 e. The van der Waals surface area contributed by atoms with E-state index in [0.717, 1.165) is 4.57 Å². The first-order chi connectivity index (χ1) is 16.8. The Kier molecular flexibility index (Phi) is 8.52. The molecule has 184 valence electrons. The van der Waals surface area contributed by atoms with E-state index < -0.39 is 10.6 Å². The van der Waals surface area contributed by atoms with Gasteiger partial charge in [-0.1, -0.05) is 30.3 Å². The molecule has 0 fully saturated rings. The average Bonchev–Trinajstić information content (AvgIpc) is 2.87. The Morgan fingerprint density at radius 3 is 2.46 bits per heavy atom. The Morgan fingerprint density at radius 2 is 1.74 bits per heavy atom. The van der Waals surface area contributed by atoms with E-state index in [1.54, 1.807) is 37.4 Å². The third-order valence-electron chi connectivity index (χ3n) is 5.34. The smallest absolute Gasteiger partial charge is 0.332 e. The van der Waals surface area contributed by atoms with Gasteiger partial charge < -0.3 is 15.4 Å². The van der Waals surface area contributed by atoms with Crippen molar-refractivity contribution in [2.45, 2.75) is 6.42 Å². The number of hydrogen-bond donors (Lipinski definition) is 2. The lowest BCUT2D eigenvalue weighted by atomic mass is 10.0. The summed E-state index contributed by atoms with van der Waals surface area (Å²) in [5.74, 6) is 0.383. The minimum Gasteiger partial charge on any atom is -0.493 e. The lowest BCUT2D eigenvalue weighted by Crippen LogP contribution is -2.38. The van der Waals surface area contributed by atoms with Crippen molar-refractivity contribution in [1.82, 2.24) is 14.5 Å². The highest BCUT2D eigenvalue weighted by atomic mass is 16.6. The second-order valence-corrected chi connectivity index (χ2v) is 7.78. The van der Waals surface area contributed by atoms with Crippen LogP contribution in [0, 0.1) is 10.1 Å². The summed E-state index contributed by atoms with van der Waals surface area (Å²) < 4.78 is 8.17. The fraction of sp³-hybridized carbons (Fsp3) is 0.292. The van der Waals surface area contributed by atoms with Gasteiger partial charge in [-0.05, 0) is 19.0 Å². The summed E-state index contributed by atoms with van der Waals surface area (Å²) in [7, 11) is 3.01. The van der Waals surface area contributed by atoms with Gasteiger partial charge in [-0.3, -0.25) is 28.8 Å². The molecule has 2 aromatic carbocycles. The maximum absolute atomic E-state index is 12.9. The number of carbonyl (C=O) groups excluding carboxylic acids is 1. The highest BCUT2D eigenvalue weighted by Gasteiger charge is 2.19. The number of ether oxygens (including phenoxy) is 1. The normalized spacial score (nSPS) is 10.7. The van der Waals surface area contributed by atoms with Crippen LogP contribution in [0.4, 0.5) is 11.5 Å². The Hall–Kier alpha value is -4.25. The number of nitrogens with one attached hydrogen (secondary N) is 2. The molecule has 0 saturated heterocycles. The van der Waals surface area contributed by atoms with Crippen molar-refractivity contribution in [1.29, 1.82) is 0 Å². The molecule has 35 heavy (non-hydrogen) atoms. The van der Waals surface area contributed by atoms with Gasteiger partial charge in [-0.15, -0.1) is 0 Å². The molecule has 0 atom stereocenters. The Bertz CT molecular complexity index is 1320. The lowest BCUT2D eigenvalue weighted by molar-refractivity contribution is -0.384. The first-order valence-electron chi connectivity index (χ1n) is 11.0. The van der Waals surface area contributed by atoms with Gasteiger partial charge in [0.25, 0.3) is 11.2 Å². The molecule has 0 bridgehead atoms. The zero-order valence-corrected chi connectivity index (χ0v) is 19.5. The topological polar surface area (TPSA) is 138 Å². The van der Waals surface area contributed by atoms with Gasteiger partial charge in [0.1, 0.15) is 11.6 Å². The van der Waals surface area contributed by atoms with Gasteiger partial charge in [0.05, 0.1) is 17.1 Å². The number of ketones is 1. The molecular weight excluding hydrogens is 454 g/mol. The number of nitro benzene ring substituents is 1. The molecule has 0 aliphatic heterocycles. The summed E-state index contributed by atoms with van der Waals surface area (Å²) in [6.45, 7) is 2.00. The van der Waals surface area contributed by atoms with Crippen molar-refractivity contribution in [2.24, 2.45) is 14.1 Å². The second kappa shape index (κ2) is 11.7. The molecule has 11 heteroatoms. The molecule has 0 aliphatic rings. The molecule has 1 heterocycles. The molecule has 11 nitrogen and oxygen atoms in total. The van der Waals surface area contributed by atoms with E-state index in [1.165, 1.54) is 35.9 Å². The van der Waals surface area contributed by atoms with Crippen LogP contribution in [0.5, 0.6) is 5.75 Å². The molecule has 0 radical (unpaired) electrons.